The maximum absolute atomic E-state index is 12.1. The van der Waals surface area contributed by atoms with Crippen LogP contribution in [0.15, 0.2) is 60.8 Å². The van der Waals surface area contributed by atoms with E-state index < -0.39 is 0 Å². The minimum Gasteiger partial charge on any atom is -0.445 e. The molecule has 7 heteroatoms. The van der Waals surface area contributed by atoms with Gasteiger partial charge in [-0.05, 0) is 56.4 Å². The molecule has 0 aliphatic heterocycles. The van der Waals surface area contributed by atoms with Crippen LogP contribution in [0.4, 0.5) is 10.6 Å². The van der Waals surface area contributed by atoms with Gasteiger partial charge >= 0.3 is 6.09 Å². The van der Waals surface area contributed by atoms with E-state index in [9.17, 15) is 4.79 Å². The molecular formula is C25H27ClN4O2. The van der Waals surface area contributed by atoms with E-state index in [1.165, 1.54) is 0 Å². The van der Waals surface area contributed by atoms with Crippen molar-refractivity contribution in [2.45, 2.75) is 51.3 Å². The van der Waals surface area contributed by atoms with Crippen LogP contribution in [0.3, 0.4) is 0 Å². The highest BCUT2D eigenvalue weighted by atomic mass is 35.5. The maximum atomic E-state index is 12.1. The third-order valence-electron chi connectivity index (χ3n) is 5.63. The fraction of sp³-hybridized carbons (Fsp3) is 0.320. The highest BCUT2D eigenvalue weighted by molar-refractivity contribution is 6.33. The number of rotatable bonds is 6. The van der Waals surface area contributed by atoms with Gasteiger partial charge in [0.25, 0.3) is 0 Å². The summed E-state index contributed by atoms with van der Waals surface area (Å²) in [5, 5.41) is 7.08. The van der Waals surface area contributed by atoms with Gasteiger partial charge in [-0.25, -0.2) is 9.78 Å². The van der Waals surface area contributed by atoms with Crippen molar-refractivity contribution in [2.75, 3.05) is 5.32 Å². The summed E-state index contributed by atoms with van der Waals surface area (Å²) in [7, 11) is 0. The monoisotopic (exact) mass is 450 g/mol. The number of pyridine rings is 2. The molecule has 0 bridgehead atoms. The van der Waals surface area contributed by atoms with Gasteiger partial charge in [-0.2, -0.15) is 0 Å². The Morgan fingerprint density at radius 3 is 2.56 bits per heavy atom. The zero-order valence-electron chi connectivity index (χ0n) is 18.1. The molecule has 2 aromatic heterocycles. The van der Waals surface area contributed by atoms with Gasteiger partial charge in [0.05, 0.1) is 10.7 Å². The minimum absolute atomic E-state index is 0.126. The molecule has 1 aliphatic carbocycles. The van der Waals surface area contributed by atoms with Crippen LogP contribution in [0.5, 0.6) is 0 Å². The van der Waals surface area contributed by atoms with Crippen molar-refractivity contribution >= 4 is 23.5 Å². The number of alkyl carbamates (subject to hydrolysis) is 1. The highest BCUT2D eigenvalue weighted by Gasteiger charge is 2.23. The SMILES string of the molecule is Cc1cccc(-c2cc(NC3CCC(NC(=O)OCc4ccccc4)CC3)ncc2Cl)n1. The molecule has 1 aromatic carbocycles. The molecule has 0 saturated heterocycles. The van der Waals surface area contributed by atoms with Crippen LogP contribution >= 0.6 is 11.6 Å². The van der Waals surface area contributed by atoms with Crippen molar-refractivity contribution in [1.29, 1.82) is 0 Å². The van der Waals surface area contributed by atoms with Crippen LogP contribution in [-0.4, -0.2) is 28.1 Å². The Hall–Kier alpha value is -3.12. The summed E-state index contributed by atoms with van der Waals surface area (Å²) >= 11 is 6.38. The van der Waals surface area contributed by atoms with Gasteiger partial charge < -0.3 is 15.4 Å². The lowest BCUT2D eigenvalue weighted by atomic mass is 9.91. The molecule has 1 fully saturated rings. The fourth-order valence-electron chi connectivity index (χ4n) is 3.93. The number of aryl methyl sites for hydroxylation is 1. The molecule has 166 valence electrons. The second kappa shape index (κ2) is 10.5. The first-order valence-corrected chi connectivity index (χ1v) is 11.3. The number of anilines is 1. The number of nitrogens with one attached hydrogen (secondary N) is 2. The molecular weight excluding hydrogens is 424 g/mol. The normalized spacial score (nSPS) is 18.1. The van der Waals surface area contributed by atoms with E-state index in [2.05, 4.69) is 20.6 Å². The second-order valence-corrected chi connectivity index (χ2v) is 8.52. The summed E-state index contributed by atoms with van der Waals surface area (Å²) in [6.45, 7) is 2.24. The molecule has 0 atom stereocenters. The fourth-order valence-corrected chi connectivity index (χ4v) is 4.13. The lowest BCUT2D eigenvalue weighted by molar-refractivity contribution is 0.132. The summed E-state index contributed by atoms with van der Waals surface area (Å²) in [6.07, 6.45) is 4.95. The molecule has 2 N–H and O–H groups in total. The Kier molecular flexibility index (Phi) is 7.22. The zero-order valence-corrected chi connectivity index (χ0v) is 18.8. The standard InChI is InChI=1S/C25H27ClN4O2/c1-17-6-5-9-23(28-17)21-14-24(27-15-22(21)26)29-19-10-12-20(13-11-19)30-25(31)32-16-18-7-3-2-4-8-18/h2-9,14-15,19-20H,10-13,16H2,1H3,(H,27,29)(H,30,31). The Labute approximate surface area is 193 Å². The van der Waals surface area contributed by atoms with Gasteiger partial charge in [0.1, 0.15) is 12.4 Å². The van der Waals surface area contributed by atoms with Crippen LogP contribution in [0.2, 0.25) is 5.02 Å². The number of nitrogens with zero attached hydrogens (tertiary/aromatic N) is 2. The van der Waals surface area contributed by atoms with Crippen molar-refractivity contribution in [3.8, 4) is 11.3 Å². The van der Waals surface area contributed by atoms with Crippen molar-refractivity contribution in [2.24, 2.45) is 0 Å². The highest BCUT2D eigenvalue weighted by Crippen LogP contribution is 2.29. The Morgan fingerprint density at radius 2 is 1.81 bits per heavy atom. The number of halogens is 1. The quantitative estimate of drug-likeness (QED) is 0.499. The first-order valence-electron chi connectivity index (χ1n) is 10.9. The number of hydrogen-bond acceptors (Lipinski definition) is 5. The van der Waals surface area contributed by atoms with E-state index >= 15 is 0 Å². The van der Waals surface area contributed by atoms with E-state index in [1.807, 2.05) is 61.5 Å². The molecule has 2 heterocycles. The van der Waals surface area contributed by atoms with E-state index in [1.54, 1.807) is 6.20 Å². The average Bonchev–Trinajstić information content (AvgIpc) is 2.81. The predicted octanol–water partition coefficient (Wildman–Crippen LogP) is 5.75. The molecule has 1 aliphatic rings. The van der Waals surface area contributed by atoms with Crippen molar-refractivity contribution in [1.82, 2.24) is 15.3 Å². The number of amides is 1. The van der Waals surface area contributed by atoms with Crippen molar-refractivity contribution in [3.05, 3.63) is 77.1 Å². The molecule has 4 rings (SSSR count). The number of carbonyl (C=O) groups excluding carboxylic acids is 1. The summed E-state index contributed by atoms with van der Waals surface area (Å²) in [4.78, 5) is 21.1. The third kappa shape index (κ3) is 5.98. The summed E-state index contributed by atoms with van der Waals surface area (Å²) in [5.41, 5.74) is 3.62. The molecule has 32 heavy (non-hydrogen) atoms. The Balaban J connectivity index is 1.27. The van der Waals surface area contributed by atoms with E-state index in [4.69, 9.17) is 16.3 Å². The van der Waals surface area contributed by atoms with Gasteiger partial charge in [0.15, 0.2) is 0 Å². The molecule has 0 radical (unpaired) electrons. The predicted molar refractivity (Wildman–Crippen MR) is 127 cm³/mol. The molecule has 6 nitrogen and oxygen atoms in total. The molecule has 0 unspecified atom stereocenters. The summed E-state index contributed by atoms with van der Waals surface area (Å²) in [5.74, 6) is 0.784. The summed E-state index contributed by atoms with van der Waals surface area (Å²) < 4.78 is 5.33. The van der Waals surface area contributed by atoms with Gasteiger partial charge in [0.2, 0.25) is 0 Å². The van der Waals surface area contributed by atoms with Crippen LogP contribution in [-0.2, 0) is 11.3 Å². The van der Waals surface area contributed by atoms with Gasteiger partial charge in [-0.1, -0.05) is 48.0 Å². The lowest BCUT2D eigenvalue weighted by Gasteiger charge is -2.29. The number of carbonyl (C=O) groups is 1. The topological polar surface area (TPSA) is 76.1 Å². The number of aromatic nitrogens is 2. The van der Waals surface area contributed by atoms with Crippen LogP contribution in [0, 0.1) is 6.92 Å². The van der Waals surface area contributed by atoms with Crippen LogP contribution in [0.25, 0.3) is 11.3 Å². The molecule has 0 spiro atoms. The Morgan fingerprint density at radius 1 is 1.06 bits per heavy atom. The van der Waals surface area contributed by atoms with Crippen molar-refractivity contribution in [3.63, 3.8) is 0 Å². The minimum atomic E-state index is -0.361. The van der Waals surface area contributed by atoms with Gasteiger partial charge in [0, 0.05) is 29.5 Å². The maximum Gasteiger partial charge on any atom is 0.407 e. The first-order chi connectivity index (χ1) is 15.6. The molecule has 1 amide bonds. The number of hydrogen-bond donors (Lipinski definition) is 2. The third-order valence-corrected chi connectivity index (χ3v) is 5.93. The molecule has 3 aromatic rings. The number of benzene rings is 1. The zero-order chi connectivity index (χ0) is 22.3. The van der Waals surface area contributed by atoms with Crippen LogP contribution in [0.1, 0.15) is 36.9 Å². The van der Waals surface area contributed by atoms with E-state index in [-0.39, 0.29) is 18.7 Å². The van der Waals surface area contributed by atoms with E-state index in [0.717, 1.165) is 54.0 Å². The Bertz CT molecular complexity index is 1050. The van der Waals surface area contributed by atoms with Crippen LogP contribution < -0.4 is 10.6 Å². The smallest absolute Gasteiger partial charge is 0.407 e. The van der Waals surface area contributed by atoms with Crippen molar-refractivity contribution < 1.29 is 9.53 Å². The largest absolute Gasteiger partial charge is 0.445 e. The van der Waals surface area contributed by atoms with Gasteiger partial charge in [-0.3, -0.25) is 4.98 Å². The lowest BCUT2D eigenvalue weighted by Crippen LogP contribution is -2.40. The average molecular weight is 451 g/mol. The van der Waals surface area contributed by atoms with E-state index in [0.29, 0.717) is 11.1 Å². The summed E-state index contributed by atoms with van der Waals surface area (Å²) in [6, 6.07) is 17.9. The number of ether oxygens (including phenoxy) is 1. The molecule has 1 saturated carbocycles. The van der Waals surface area contributed by atoms with Gasteiger partial charge in [-0.15, -0.1) is 0 Å². The first kappa shape index (κ1) is 22.1. The second-order valence-electron chi connectivity index (χ2n) is 8.11.